The summed E-state index contributed by atoms with van der Waals surface area (Å²) < 4.78 is 7.90. The number of thiocarbonyl (C=S) groups is 1. The third-order valence-corrected chi connectivity index (χ3v) is 6.02. The molecule has 0 radical (unpaired) electrons. The number of alkyl halides is 1. The minimum absolute atomic E-state index is 0.199. The maximum Gasteiger partial charge on any atom is 0.226 e. The number of hydrogen-bond donors (Lipinski definition) is 0. The van der Waals surface area contributed by atoms with Crippen LogP contribution in [0.5, 0.6) is 5.75 Å². The number of imidazole rings is 1. The van der Waals surface area contributed by atoms with Crippen LogP contribution in [-0.2, 0) is 0 Å². The molecule has 2 atom stereocenters. The molecule has 3 aromatic rings. The highest BCUT2D eigenvalue weighted by Gasteiger charge is 2.26. The van der Waals surface area contributed by atoms with Crippen LogP contribution in [-0.4, -0.2) is 13.9 Å². The lowest BCUT2D eigenvalue weighted by molar-refractivity contribution is 0.577. The van der Waals surface area contributed by atoms with Crippen molar-refractivity contribution < 1.29 is 4.74 Å². The van der Waals surface area contributed by atoms with Gasteiger partial charge in [0.15, 0.2) is 0 Å². The number of nitrogens with zero attached hydrogens (tertiary/aromatic N) is 2. The zero-order chi connectivity index (χ0) is 18.5. The molecule has 2 aromatic carbocycles. The molecule has 3 nitrogen and oxygen atoms in total. The van der Waals surface area contributed by atoms with Crippen LogP contribution in [0, 0.1) is 0 Å². The number of ether oxygens (including phenoxy) is 1. The van der Waals surface area contributed by atoms with Gasteiger partial charge in [-0.1, -0.05) is 64.8 Å². The van der Waals surface area contributed by atoms with Gasteiger partial charge in [-0.05, 0) is 48.1 Å². The monoisotopic (exact) mass is 442 g/mol. The lowest BCUT2D eigenvalue weighted by Gasteiger charge is -2.23. The molecule has 3 rings (SSSR count). The molecule has 0 fully saturated rings. The van der Waals surface area contributed by atoms with Crippen LogP contribution in [0.1, 0.15) is 16.3 Å². The van der Waals surface area contributed by atoms with Crippen LogP contribution in [0.4, 0.5) is 0 Å². The zero-order valence-corrected chi connectivity index (χ0v) is 17.2. The van der Waals surface area contributed by atoms with E-state index in [0.717, 1.165) is 5.56 Å². The SMILES string of the molecule is S=C(Oc1cccc(Cl)c1)SC(c1ccc(Cl)cc1)C(Cl)n1ccnc1. The average Bonchev–Trinajstić information content (AvgIpc) is 3.15. The van der Waals surface area contributed by atoms with E-state index in [9.17, 15) is 0 Å². The number of thioether (sulfide) groups is 1. The summed E-state index contributed by atoms with van der Waals surface area (Å²) in [5, 5.41) is 1.04. The van der Waals surface area contributed by atoms with E-state index in [1.165, 1.54) is 11.8 Å². The highest BCUT2D eigenvalue weighted by atomic mass is 35.5. The van der Waals surface area contributed by atoms with E-state index >= 15 is 0 Å². The Bertz CT molecular complexity index is 872. The molecule has 0 aliphatic carbocycles. The Morgan fingerprint density at radius 3 is 2.54 bits per heavy atom. The van der Waals surface area contributed by atoms with Gasteiger partial charge in [-0.3, -0.25) is 0 Å². The first-order valence-electron chi connectivity index (χ1n) is 7.54. The summed E-state index contributed by atoms with van der Waals surface area (Å²) in [6.45, 7) is 0. The maximum atomic E-state index is 6.69. The van der Waals surface area contributed by atoms with E-state index in [0.29, 0.717) is 20.2 Å². The number of rotatable bonds is 5. The molecule has 1 aromatic heterocycles. The minimum atomic E-state index is -0.412. The maximum absolute atomic E-state index is 6.69. The molecule has 0 amide bonds. The van der Waals surface area contributed by atoms with Crippen LogP contribution in [0.2, 0.25) is 10.0 Å². The van der Waals surface area contributed by atoms with Crippen molar-refractivity contribution in [3.05, 3.63) is 82.9 Å². The molecule has 0 aliphatic rings. The van der Waals surface area contributed by atoms with Gasteiger partial charge in [0.2, 0.25) is 4.38 Å². The number of aromatic nitrogens is 2. The van der Waals surface area contributed by atoms with E-state index in [2.05, 4.69) is 4.98 Å². The Kier molecular flexibility index (Phi) is 6.84. The van der Waals surface area contributed by atoms with Crippen molar-refractivity contribution in [1.29, 1.82) is 0 Å². The second-order valence-corrected chi connectivity index (χ2v) is 8.35. The Morgan fingerprint density at radius 1 is 1.12 bits per heavy atom. The van der Waals surface area contributed by atoms with Gasteiger partial charge >= 0.3 is 0 Å². The van der Waals surface area contributed by atoms with E-state index in [-0.39, 0.29) is 5.25 Å². The second kappa shape index (κ2) is 9.11. The summed E-state index contributed by atoms with van der Waals surface area (Å²) in [5.74, 6) is 0.582. The van der Waals surface area contributed by atoms with E-state index in [1.54, 1.807) is 36.8 Å². The van der Waals surface area contributed by atoms with Gasteiger partial charge in [-0.2, -0.15) is 0 Å². The molecule has 0 N–H and O–H groups in total. The van der Waals surface area contributed by atoms with E-state index < -0.39 is 5.50 Å². The Hall–Kier alpha value is -1.24. The first-order valence-corrected chi connectivity index (χ1v) is 10.0. The van der Waals surface area contributed by atoms with Gasteiger partial charge in [-0.25, -0.2) is 4.98 Å². The van der Waals surface area contributed by atoms with Crippen LogP contribution in [0.3, 0.4) is 0 Å². The van der Waals surface area contributed by atoms with E-state index in [4.69, 9.17) is 51.8 Å². The summed E-state index contributed by atoms with van der Waals surface area (Å²) in [7, 11) is 0. The molecule has 0 spiro atoms. The normalized spacial score (nSPS) is 13.2. The molecular weight excluding hydrogens is 431 g/mol. The largest absolute Gasteiger partial charge is 0.440 e. The quantitative estimate of drug-likeness (QED) is 0.321. The second-order valence-electron chi connectivity index (χ2n) is 5.28. The highest BCUT2D eigenvalue weighted by Crippen LogP contribution is 2.42. The molecule has 1 heterocycles. The van der Waals surface area contributed by atoms with Gasteiger partial charge in [0, 0.05) is 22.4 Å². The number of benzene rings is 2. The molecule has 0 saturated carbocycles. The predicted molar refractivity (Wildman–Crippen MR) is 114 cm³/mol. The first kappa shape index (κ1) is 19.5. The van der Waals surface area contributed by atoms with Crippen molar-refractivity contribution in [3.8, 4) is 5.75 Å². The molecule has 2 unspecified atom stereocenters. The summed E-state index contributed by atoms with van der Waals surface area (Å²) in [4.78, 5) is 4.06. The average molecular weight is 444 g/mol. The molecule has 0 saturated heterocycles. The third kappa shape index (κ3) is 5.15. The predicted octanol–water partition coefficient (Wildman–Crippen LogP) is 6.77. The van der Waals surface area contributed by atoms with Gasteiger partial charge in [0.1, 0.15) is 11.3 Å². The minimum Gasteiger partial charge on any atom is -0.440 e. The van der Waals surface area contributed by atoms with Crippen molar-refractivity contribution >= 4 is 63.2 Å². The zero-order valence-electron chi connectivity index (χ0n) is 13.3. The summed E-state index contributed by atoms with van der Waals surface area (Å²) >= 11 is 25.5. The fourth-order valence-electron chi connectivity index (χ4n) is 2.26. The van der Waals surface area contributed by atoms with Crippen LogP contribution in [0.25, 0.3) is 0 Å². The Balaban J connectivity index is 1.81. The molecule has 8 heteroatoms. The summed E-state index contributed by atoms with van der Waals surface area (Å²) in [5.41, 5.74) is 0.565. The summed E-state index contributed by atoms with van der Waals surface area (Å²) in [6, 6.07) is 14.6. The fourth-order valence-corrected chi connectivity index (χ4v) is 4.29. The Morgan fingerprint density at radius 2 is 1.88 bits per heavy atom. The lowest BCUT2D eigenvalue weighted by Crippen LogP contribution is -2.13. The standard InChI is InChI=1S/C18H13Cl3N2OS2/c19-13-6-4-12(5-7-13)16(17(21)23-9-8-22-11-23)26-18(25)24-15-3-1-2-14(20)10-15/h1-11,16-17H. The lowest BCUT2D eigenvalue weighted by atomic mass is 10.1. The highest BCUT2D eigenvalue weighted by molar-refractivity contribution is 8.22. The van der Waals surface area contributed by atoms with Crippen LogP contribution < -0.4 is 4.74 Å². The van der Waals surface area contributed by atoms with Gasteiger partial charge in [0.25, 0.3) is 0 Å². The molecule has 26 heavy (non-hydrogen) atoms. The smallest absolute Gasteiger partial charge is 0.226 e. The molecule has 0 bridgehead atoms. The number of hydrogen-bond acceptors (Lipinski definition) is 4. The Labute approximate surface area is 176 Å². The van der Waals surface area contributed by atoms with E-state index in [1.807, 2.05) is 35.0 Å². The van der Waals surface area contributed by atoms with Crippen molar-refractivity contribution in [2.45, 2.75) is 10.8 Å². The van der Waals surface area contributed by atoms with Gasteiger partial charge in [-0.15, -0.1) is 0 Å². The summed E-state index contributed by atoms with van der Waals surface area (Å²) in [6.07, 6.45) is 5.16. The third-order valence-electron chi connectivity index (χ3n) is 3.48. The molecule has 134 valence electrons. The fraction of sp³-hybridized carbons (Fsp3) is 0.111. The van der Waals surface area contributed by atoms with Crippen LogP contribution >= 0.6 is 58.8 Å². The topological polar surface area (TPSA) is 27.1 Å². The first-order chi connectivity index (χ1) is 12.5. The molecule has 0 aliphatic heterocycles. The van der Waals surface area contributed by atoms with Crippen LogP contribution in [0.15, 0.2) is 67.3 Å². The van der Waals surface area contributed by atoms with Crippen molar-refractivity contribution in [2.24, 2.45) is 0 Å². The number of halogens is 3. The van der Waals surface area contributed by atoms with Gasteiger partial charge < -0.3 is 9.30 Å². The molecular formula is C18H13Cl3N2OS2. The van der Waals surface area contributed by atoms with Crippen molar-refractivity contribution in [2.75, 3.05) is 0 Å². The van der Waals surface area contributed by atoms with Gasteiger partial charge in [0.05, 0.1) is 11.6 Å². The van der Waals surface area contributed by atoms with Crippen molar-refractivity contribution in [1.82, 2.24) is 9.55 Å². The van der Waals surface area contributed by atoms with Crippen molar-refractivity contribution in [3.63, 3.8) is 0 Å².